The summed E-state index contributed by atoms with van der Waals surface area (Å²) in [7, 11) is 0. The van der Waals surface area contributed by atoms with Gasteiger partial charge in [-0.1, -0.05) is 13.8 Å². The molecular formula is C15H24FN3O. The fourth-order valence-electron chi connectivity index (χ4n) is 1.99. The highest BCUT2D eigenvalue weighted by Gasteiger charge is 2.23. The Morgan fingerprint density at radius 2 is 2.05 bits per heavy atom. The number of rotatable bonds is 6. The van der Waals surface area contributed by atoms with Crippen LogP contribution >= 0.6 is 0 Å². The van der Waals surface area contributed by atoms with Crippen molar-refractivity contribution in [3.63, 3.8) is 0 Å². The molecule has 0 atom stereocenters. The van der Waals surface area contributed by atoms with Gasteiger partial charge in [-0.3, -0.25) is 4.79 Å². The summed E-state index contributed by atoms with van der Waals surface area (Å²) in [6.45, 7) is 11.2. The predicted octanol–water partition coefficient (Wildman–Crippen LogP) is 3.16. The third kappa shape index (κ3) is 4.18. The Labute approximate surface area is 120 Å². The summed E-state index contributed by atoms with van der Waals surface area (Å²) in [6, 6.07) is 1.31. The fraction of sp³-hybridized carbons (Fsp3) is 0.600. The van der Waals surface area contributed by atoms with E-state index in [0.717, 1.165) is 6.20 Å². The number of hydrogen-bond donors (Lipinski definition) is 1. The highest BCUT2D eigenvalue weighted by atomic mass is 19.1. The van der Waals surface area contributed by atoms with Gasteiger partial charge >= 0.3 is 0 Å². The van der Waals surface area contributed by atoms with E-state index in [9.17, 15) is 9.18 Å². The SMILES string of the molecule is CCNc1ncc(F)cc1C(=O)N(CC(C)C)C(C)C. The van der Waals surface area contributed by atoms with Gasteiger partial charge in [-0.15, -0.1) is 0 Å². The minimum atomic E-state index is -0.497. The summed E-state index contributed by atoms with van der Waals surface area (Å²) >= 11 is 0. The lowest BCUT2D eigenvalue weighted by Gasteiger charge is -2.29. The molecule has 0 radical (unpaired) electrons. The van der Waals surface area contributed by atoms with Gasteiger partial charge in [0.1, 0.15) is 11.6 Å². The number of aromatic nitrogens is 1. The van der Waals surface area contributed by atoms with Crippen molar-refractivity contribution in [3.05, 3.63) is 23.6 Å². The molecule has 1 amide bonds. The molecule has 112 valence electrons. The van der Waals surface area contributed by atoms with Crippen LogP contribution in [0.15, 0.2) is 12.3 Å². The summed E-state index contributed by atoms with van der Waals surface area (Å²) in [5.74, 6) is 0.110. The molecule has 1 aromatic heterocycles. The van der Waals surface area contributed by atoms with Crippen LogP contribution < -0.4 is 5.32 Å². The third-order valence-corrected chi connectivity index (χ3v) is 2.88. The van der Waals surface area contributed by atoms with Gasteiger partial charge in [0.05, 0.1) is 11.8 Å². The normalized spacial score (nSPS) is 11.0. The summed E-state index contributed by atoms with van der Waals surface area (Å²) in [6.07, 6.45) is 1.12. The van der Waals surface area contributed by atoms with Crippen molar-refractivity contribution in [1.29, 1.82) is 0 Å². The first-order valence-electron chi connectivity index (χ1n) is 7.07. The van der Waals surface area contributed by atoms with Crippen LogP contribution in [0, 0.1) is 11.7 Å². The minimum Gasteiger partial charge on any atom is -0.370 e. The Hall–Kier alpha value is -1.65. The van der Waals surface area contributed by atoms with E-state index in [-0.39, 0.29) is 11.9 Å². The number of nitrogens with zero attached hydrogens (tertiary/aromatic N) is 2. The van der Waals surface area contributed by atoms with E-state index in [1.165, 1.54) is 6.07 Å². The molecule has 0 aliphatic carbocycles. The van der Waals surface area contributed by atoms with Gasteiger partial charge in [0.15, 0.2) is 0 Å². The van der Waals surface area contributed by atoms with Gasteiger partial charge in [0, 0.05) is 19.1 Å². The second-order valence-electron chi connectivity index (χ2n) is 5.53. The van der Waals surface area contributed by atoms with Gasteiger partial charge in [-0.25, -0.2) is 9.37 Å². The zero-order valence-electron chi connectivity index (χ0n) is 12.9. The van der Waals surface area contributed by atoms with Crippen LogP contribution in [0.2, 0.25) is 0 Å². The molecule has 0 aromatic carbocycles. The lowest BCUT2D eigenvalue weighted by Crippen LogP contribution is -2.40. The number of carbonyl (C=O) groups is 1. The first kappa shape index (κ1) is 16.4. The average Bonchev–Trinajstić information content (AvgIpc) is 2.37. The fourth-order valence-corrected chi connectivity index (χ4v) is 1.99. The first-order chi connectivity index (χ1) is 9.36. The van der Waals surface area contributed by atoms with Crippen molar-refractivity contribution in [2.24, 2.45) is 5.92 Å². The van der Waals surface area contributed by atoms with Crippen LogP contribution in [-0.2, 0) is 0 Å². The molecule has 0 unspecified atom stereocenters. The molecule has 1 heterocycles. The Bertz CT molecular complexity index is 460. The van der Waals surface area contributed by atoms with Crippen LogP contribution in [0.4, 0.5) is 10.2 Å². The predicted molar refractivity (Wildman–Crippen MR) is 79.4 cm³/mol. The number of amides is 1. The monoisotopic (exact) mass is 281 g/mol. The van der Waals surface area contributed by atoms with Gasteiger partial charge in [-0.2, -0.15) is 0 Å². The molecule has 0 aliphatic heterocycles. The zero-order chi connectivity index (χ0) is 15.3. The lowest BCUT2D eigenvalue weighted by atomic mass is 10.1. The van der Waals surface area contributed by atoms with E-state index < -0.39 is 5.82 Å². The van der Waals surface area contributed by atoms with Crippen LogP contribution in [0.1, 0.15) is 45.0 Å². The van der Waals surface area contributed by atoms with Crippen molar-refractivity contribution < 1.29 is 9.18 Å². The Morgan fingerprint density at radius 1 is 1.40 bits per heavy atom. The third-order valence-electron chi connectivity index (χ3n) is 2.88. The highest BCUT2D eigenvalue weighted by molar-refractivity contribution is 5.98. The zero-order valence-corrected chi connectivity index (χ0v) is 12.9. The Kier molecular flexibility index (Phi) is 5.92. The number of anilines is 1. The van der Waals surface area contributed by atoms with Crippen molar-refractivity contribution >= 4 is 11.7 Å². The number of pyridine rings is 1. The van der Waals surface area contributed by atoms with Crippen LogP contribution in [-0.4, -0.2) is 34.9 Å². The first-order valence-corrected chi connectivity index (χ1v) is 7.07. The lowest BCUT2D eigenvalue weighted by molar-refractivity contribution is 0.0682. The number of carbonyl (C=O) groups excluding carboxylic acids is 1. The molecule has 0 spiro atoms. The highest BCUT2D eigenvalue weighted by Crippen LogP contribution is 2.18. The summed E-state index contributed by atoms with van der Waals surface area (Å²) in [5.41, 5.74) is 0.293. The van der Waals surface area contributed by atoms with Gasteiger partial charge in [-0.05, 0) is 32.8 Å². The Balaban J connectivity index is 3.13. The molecular weight excluding hydrogens is 257 g/mol. The van der Waals surface area contributed by atoms with E-state index in [1.807, 2.05) is 20.8 Å². The van der Waals surface area contributed by atoms with Crippen molar-refractivity contribution in [2.75, 3.05) is 18.4 Å². The molecule has 0 saturated heterocycles. The molecule has 0 aliphatic rings. The molecule has 0 fully saturated rings. The summed E-state index contributed by atoms with van der Waals surface area (Å²) in [5, 5.41) is 3.01. The van der Waals surface area contributed by atoms with E-state index in [0.29, 0.717) is 30.4 Å². The maximum atomic E-state index is 13.4. The van der Waals surface area contributed by atoms with E-state index in [2.05, 4.69) is 24.1 Å². The molecule has 20 heavy (non-hydrogen) atoms. The number of nitrogens with one attached hydrogen (secondary N) is 1. The standard InChI is InChI=1S/C15H24FN3O/c1-6-17-14-13(7-12(16)8-18-14)15(20)19(11(4)5)9-10(2)3/h7-8,10-11H,6,9H2,1-5H3,(H,17,18). The summed E-state index contributed by atoms with van der Waals surface area (Å²) < 4.78 is 13.4. The van der Waals surface area contributed by atoms with Crippen molar-refractivity contribution in [3.8, 4) is 0 Å². The molecule has 1 aromatic rings. The average molecular weight is 281 g/mol. The maximum absolute atomic E-state index is 13.4. The molecule has 1 N–H and O–H groups in total. The maximum Gasteiger partial charge on any atom is 0.257 e. The topological polar surface area (TPSA) is 45.2 Å². The summed E-state index contributed by atoms with van der Waals surface area (Å²) in [4.78, 5) is 18.4. The number of hydrogen-bond acceptors (Lipinski definition) is 3. The van der Waals surface area contributed by atoms with Crippen LogP contribution in [0.5, 0.6) is 0 Å². The van der Waals surface area contributed by atoms with E-state index in [1.54, 1.807) is 4.90 Å². The van der Waals surface area contributed by atoms with E-state index in [4.69, 9.17) is 0 Å². The second kappa shape index (κ2) is 7.22. The minimum absolute atomic E-state index is 0.0580. The van der Waals surface area contributed by atoms with Gasteiger partial charge in [0.2, 0.25) is 0 Å². The van der Waals surface area contributed by atoms with Crippen LogP contribution in [0.25, 0.3) is 0 Å². The molecule has 0 saturated carbocycles. The van der Waals surface area contributed by atoms with Gasteiger partial charge < -0.3 is 10.2 Å². The second-order valence-corrected chi connectivity index (χ2v) is 5.53. The largest absolute Gasteiger partial charge is 0.370 e. The number of halogens is 1. The molecule has 0 bridgehead atoms. The van der Waals surface area contributed by atoms with Crippen molar-refractivity contribution in [1.82, 2.24) is 9.88 Å². The van der Waals surface area contributed by atoms with Crippen LogP contribution in [0.3, 0.4) is 0 Å². The molecule has 5 heteroatoms. The van der Waals surface area contributed by atoms with E-state index >= 15 is 0 Å². The molecule has 1 rings (SSSR count). The van der Waals surface area contributed by atoms with Gasteiger partial charge in [0.25, 0.3) is 5.91 Å². The molecule has 4 nitrogen and oxygen atoms in total. The quantitative estimate of drug-likeness (QED) is 0.871. The Morgan fingerprint density at radius 3 is 2.55 bits per heavy atom. The smallest absolute Gasteiger partial charge is 0.257 e. The van der Waals surface area contributed by atoms with Crippen molar-refractivity contribution in [2.45, 2.75) is 40.7 Å².